The molecule has 0 saturated heterocycles. The molecule has 3 unspecified atom stereocenters. The Morgan fingerprint density at radius 1 is 1.14 bits per heavy atom. The van der Waals surface area contributed by atoms with Crippen LogP contribution in [-0.4, -0.2) is 18.9 Å². The van der Waals surface area contributed by atoms with Gasteiger partial charge in [-0.25, -0.2) is 0 Å². The Morgan fingerprint density at radius 2 is 1.73 bits per heavy atom. The number of hydrogen-bond donors (Lipinski definition) is 0. The Labute approximate surface area is 143 Å². The summed E-state index contributed by atoms with van der Waals surface area (Å²) in [6.45, 7) is 0. The fraction of sp³-hybridized carbons (Fsp3) is 0.529. The van der Waals surface area contributed by atoms with Crippen molar-refractivity contribution in [3.05, 3.63) is 34.3 Å². The summed E-state index contributed by atoms with van der Waals surface area (Å²) < 4.78 is 5.84. The number of Topliss-reactive ketones (excluding diaryl/α,β-unsaturated/α-hetero) is 1. The smallest absolute Gasteiger partial charge is 0.309 e. The first-order chi connectivity index (χ1) is 10.5. The number of ketones is 1. The maximum absolute atomic E-state index is 12.8. The molecule has 3 nitrogen and oxygen atoms in total. The van der Waals surface area contributed by atoms with Crippen LogP contribution in [0.25, 0.3) is 0 Å². The average Bonchev–Trinajstić information content (AvgIpc) is 3.30. The first kappa shape index (κ1) is 16.0. The molecule has 2 saturated carbocycles. The number of rotatable bonds is 4. The lowest BCUT2D eigenvalue weighted by Gasteiger charge is -2.29. The number of alkyl halides is 1. The Kier molecular flexibility index (Phi) is 4.60. The molecule has 5 atom stereocenters. The normalized spacial score (nSPS) is 31.0. The van der Waals surface area contributed by atoms with Crippen LogP contribution in [0, 0.1) is 23.7 Å². The zero-order valence-corrected chi connectivity index (χ0v) is 14.6. The molecule has 22 heavy (non-hydrogen) atoms. The Morgan fingerprint density at radius 3 is 2.32 bits per heavy atom. The zero-order valence-electron chi connectivity index (χ0n) is 12.3. The number of benzene rings is 1. The topological polar surface area (TPSA) is 43.4 Å². The molecule has 1 aromatic rings. The van der Waals surface area contributed by atoms with E-state index in [4.69, 9.17) is 16.3 Å². The van der Waals surface area contributed by atoms with Gasteiger partial charge in [-0.15, -0.1) is 11.6 Å². The van der Waals surface area contributed by atoms with E-state index in [9.17, 15) is 9.59 Å². The molecule has 0 radical (unpaired) electrons. The zero-order chi connectivity index (χ0) is 15.9. The largest absolute Gasteiger partial charge is 0.469 e. The minimum absolute atomic E-state index is 0.0512. The highest BCUT2D eigenvalue weighted by molar-refractivity contribution is 9.10. The number of halogens is 2. The summed E-state index contributed by atoms with van der Waals surface area (Å²) in [5, 5.41) is -0.708. The van der Waals surface area contributed by atoms with Crippen LogP contribution in [0.3, 0.4) is 0 Å². The number of fused-ring (bicyclic) bond motifs is 1. The summed E-state index contributed by atoms with van der Waals surface area (Å²) in [4.78, 5) is 24.9. The maximum Gasteiger partial charge on any atom is 0.309 e. The molecule has 2 fully saturated rings. The highest BCUT2D eigenvalue weighted by Crippen LogP contribution is 2.54. The lowest BCUT2D eigenvalue weighted by Crippen LogP contribution is -2.36. The summed E-state index contributed by atoms with van der Waals surface area (Å²) in [6, 6.07) is 7.42. The number of ether oxygens (including phenoxy) is 1. The van der Waals surface area contributed by atoms with Crippen molar-refractivity contribution in [1.29, 1.82) is 0 Å². The van der Waals surface area contributed by atoms with Crippen molar-refractivity contribution in [3.8, 4) is 0 Å². The van der Waals surface area contributed by atoms with Gasteiger partial charge in [-0.3, -0.25) is 9.59 Å². The quantitative estimate of drug-likeness (QED) is 0.578. The van der Waals surface area contributed by atoms with Gasteiger partial charge in [-0.05, 0) is 48.8 Å². The van der Waals surface area contributed by atoms with Gasteiger partial charge in [0.15, 0.2) is 5.78 Å². The number of hydrogen-bond acceptors (Lipinski definition) is 3. The van der Waals surface area contributed by atoms with Gasteiger partial charge in [0.2, 0.25) is 0 Å². The third-order valence-corrected chi connectivity index (χ3v) is 5.95. The first-order valence-corrected chi connectivity index (χ1v) is 8.75. The Balaban J connectivity index is 1.79. The van der Waals surface area contributed by atoms with Gasteiger partial charge < -0.3 is 4.74 Å². The highest BCUT2D eigenvalue weighted by atomic mass is 79.9. The molecule has 118 valence electrons. The van der Waals surface area contributed by atoms with Crippen molar-refractivity contribution in [3.63, 3.8) is 0 Å². The highest BCUT2D eigenvalue weighted by Gasteiger charge is 2.52. The molecule has 2 aliphatic carbocycles. The van der Waals surface area contributed by atoms with Crippen molar-refractivity contribution >= 4 is 39.3 Å². The third kappa shape index (κ3) is 3.09. The van der Waals surface area contributed by atoms with E-state index in [0.717, 1.165) is 29.3 Å². The van der Waals surface area contributed by atoms with Crippen molar-refractivity contribution in [2.45, 2.75) is 24.6 Å². The van der Waals surface area contributed by atoms with Crippen molar-refractivity contribution in [2.75, 3.05) is 7.11 Å². The molecule has 0 aromatic heterocycles. The van der Waals surface area contributed by atoms with Crippen LogP contribution < -0.4 is 0 Å². The minimum Gasteiger partial charge on any atom is -0.469 e. The Hall–Kier alpha value is -0.870. The summed E-state index contributed by atoms with van der Waals surface area (Å²) in [5.74, 6) is 0.201. The van der Waals surface area contributed by atoms with Gasteiger partial charge in [0.25, 0.3) is 0 Å². The van der Waals surface area contributed by atoms with Crippen molar-refractivity contribution < 1.29 is 14.3 Å². The molecular formula is C17H18BrClO3. The van der Waals surface area contributed by atoms with Gasteiger partial charge in [0.05, 0.1) is 13.0 Å². The lowest BCUT2D eigenvalue weighted by molar-refractivity contribution is -0.151. The second-order valence-electron chi connectivity index (χ2n) is 6.28. The second-order valence-corrected chi connectivity index (χ2v) is 7.63. The number of carbonyl (C=O) groups excluding carboxylic acids is 2. The number of carbonyl (C=O) groups is 2. The van der Waals surface area contributed by atoms with Gasteiger partial charge in [-0.1, -0.05) is 28.1 Å². The van der Waals surface area contributed by atoms with Gasteiger partial charge in [0, 0.05) is 10.4 Å². The standard InChI is InChI=1S/C17H18BrClO3/c1-22-17(21)14-8-11-6-10(11)7-13(14)16(20)15(19)9-2-4-12(18)5-3-9/h2-5,10-11,13-15H,6-8H2,1H3/t10?,11?,13-,14-,15?/m1/s1. The minimum atomic E-state index is -0.708. The molecule has 0 amide bonds. The van der Waals surface area contributed by atoms with E-state index in [0.29, 0.717) is 11.8 Å². The van der Waals surface area contributed by atoms with E-state index in [2.05, 4.69) is 15.9 Å². The Bertz CT molecular complexity index is 586. The molecule has 3 rings (SSSR count). The van der Waals surface area contributed by atoms with Crippen molar-refractivity contribution in [2.24, 2.45) is 23.7 Å². The molecule has 0 spiro atoms. The van der Waals surface area contributed by atoms with Crippen LogP contribution in [0.2, 0.25) is 0 Å². The van der Waals surface area contributed by atoms with E-state index in [1.54, 1.807) is 0 Å². The molecule has 0 N–H and O–H groups in total. The van der Waals surface area contributed by atoms with Crippen LogP contribution in [0.15, 0.2) is 28.7 Å². The van der Waals surface area contributed by atoms with Crippen LogP contribution >= 0.6 is 27.5 Å². The average molecular weight is 386 g/mol. The van der Waals surface area contributed by atoms with Gasteiger partial charge in [-0.2, -0.15) is 0 Å². The second kappa shape index (κ2) is 6.32. The van der Waals surface area contributed by atoms with E-state index in [1.165, 1.54) is 7.11 Å². The van der Waals surface area contributed by atoms with E-state index < -0.39 is 5.38 Å². The van der Waals surface area contributed by atoms with Crippen LogP contribution in [-0.2, 0) is 14.3 Å². The molecule has 1 aromatic carbocycles. The predicted octanol–water partition coefficient (Wildman–Crippen LogP) is 4.13. The van der Waals surface area contributed by atoms with E-state index in [1.807, 2.05) is 24.3 Å². The fourth-order valence-electron chi connectivity index (χ4n) is 3.58. The van der Waals surface area contributed by atoms with Crippen LogP contribution in [0.5, 0.6) is 0 Å². The molecule has 5 heteroatoms. The molecular weight excluding hydrogens is 368 g/mol. The number of methoxy groups -OCH3 is 1. The summed E-state index contributed by atoms with van der Waals surface area (Å²) in [6.07, 6.45) is 2.66. The number of esters is 1. The maximum atomic E-state index is 12.8. The van der Waals surface area contributed by atoms with Crippen molar-refractivity contribution in [1.82, 2.24) is 0 Å². The predicted molar refractivity (Wildman–Crippen MR) is 87.6 cm³/mol. The molecule has 0 aliphatic heterocycles. The fourth-order valence-corrected chi connectivity index (χ4v) is 4.15. The first-order valence-electron chi connectivity index (χ1n) is 7.52. The third-order valence-electron chi connectivity index (χ3n) is 4.95. The molecule has 0 bridgehead atoms. The molecule has 2 aliphatic rings. The summed E-state index contributed by atoms with van der Waals surface area (Å²) in [5.41, 5.74) is 0.774. The van der Waals surface area contributed by atoms with Gasteiger partial charge in [0.1, 0.15) is 5.38 Å². The summed E-state index contributed by atoms with van der Waals surface area (Å²) >= 11 is 9.77. The monoisotopic (exact) mass is 384 g/mol. The van der Waals surface area contributed by atoms with Crippen LogP contribution in [0.1, 0.15) is 30.2 Å². The van der Waals surface area contributed by atoms with Gasteiger partial charge >= 0.3 is 5.97 Å². The SMILES string of the molecule is COC(=O)[C@@H]1CC2CC2C[C@H]1C(=O)C(Cl)c1ccc(Br)cc1. The van der Waals surface area contributed by atoms with E-state index in [-0.39, 0.29) is 23.6 Å². The lowest BCUT2D eigenvalue weighted by atomic mass is 9.75. The molecule has 0 heterocycles. The summed E-state index contributed by atoms with van der Waals surface area (Å²) in [7, 11) is 1.38. The van der Waals surface area contributed by atoms with Crippen LogP contribution in [0.4, 0.5) is 0 Å². The van der Waals surface area contributed by atoms with E-state index >= 15 is 0 Å².